The minimum absolute atomic E-state index is 0.316. The van der Waals surface area contributed by atoms with Crippen LogP contribution in [-0.4, -0.2) is 15.8 Å². The summed E-state index contributed by atoms with van der Waals surface area (Å²) in [7, 11) is 1.82. The van der Waals surface area contributed by atoms with Crippen LogP contribution in [0.2, 0.25) is 0 Å². The van der Waals surface area contributed by atoms with E-state index >= 15 is 0 Å². The van der Waals surface area contributed by atoms with Gasteiger partial charge in [0.2, 0.25) is 5.88 Å². The van der Waals surface area contributed by atoms with E-state index in [-0.39, 0.29) is 5.82 Å². The summed E-state index contributed by atoms with van der Waals surface area (Å²) in [5.41, 5.74) is 1.90. The molecule has 2 aromatic rings. The van der Waals surface area contributed by atoms with Gasteiger partial charge in [-0.05, 0) is 19.1 Å². The molecule has 108 valence electrons. The zero-order chi connectivity index (χ0) is 14.7. The first kappa shape index (κ1) is 14.5. The third-order valence-corrected chi connectivity index (χ3v) is 2.99. The van der Waals surface area contributed by atoms with Gasteiger partial charge >= 0.3 is 0 Å². The Labute approximate surface area is 118 Å². The number of ether oxygens (including phenoxy) is 1. The van der Waals surface area contributed by atoms with Gasteiger partial charge in [0.25, 0.3) is 0 Å². The van der Waals surface area contributed by atoms with Crippen LogP contribution in [0.5, 0.6) is 11.6 Å². The number of nitrogens with zero attached hydrogens (tertiary/aromatic N) is 2. The van der Waals surface area contributed by atoms with E-state index in [0.29, 0.717) is 24.2 Å². The second kappa shape index (κ2) is 6.05. The Kier molecular flexibility index (Phi) is 4.39. The fourth-order valence-corrected chi connectivity index (χ4v) is 1.96. The maximum absolute atomic E-state index is 13.2. The Balaban J connectivity index is 2.26. The Bertz CT molecular complexity index is 593. The summed E-state index contributed by atoms with van der Waals surface area (Å²) in [6.45, 7) is 6.77. The fraction of sp³-hybridized carbons (Fsp3) is 0.400. The van der Waals surface area contributed by atoms with Crippen LogP contribution in [0, 0.1) is 12.7 Å². The van der Waals surface area contributed by atoms with Gasteiger partial charge in [0.1, 0.15) is 11.6 Å². The molecule has 0 saturated heterocycles. The summed E-state index contributed by atoms with van der Waals surface area (Å²) >= 11 is 0. The molecule has 20 heavy (non-hydrogen) atoms. The fourth-order valence-electron chi connectivity index (χ4n) is 1.96. The highest BCUT2D eigenvalue weighted by Gasteiger charge is 2.15. The summed E-state index contributed by atoms with van der Waals surface area (Å²) in [6.07, 6.45) is 0. The Morgan fingerprint density at radius 2 is 2.15 bits per heavy atom. The molecule has 1 N–H and O–H groups in total. The summed E-state index contributed by atoms with van der Waals surface area (Å²) < 4.78 is 20.7. The molecule has 1 aromatic heterocycles. The van der Waals surface area contributed by atoms with Gasteiger partial charge in [0.05, 0.1) is 11.3 Å². The van der Waals surface area contributed by atoms with Crippen molar-refractivity contribution in [1.29, 1.82) is 0 Å². The molecule has 0 unspecified atom stereocenters. The molecule has 0 aliphatic heterocycles. The molecule has 0 aliphatic rings. The second-order valence-electron chi connectivity index (χ2n) is 5.09. The predicted octanol–water partition coefficient (Wildman–Crippen LogP) is 3.16. The van der Waals surface area contributed by atoms with Gasteiger partial charge in [0.15, 0.2) is 0 Å². The number of benzene rings is 1. The van der Waals surface area contributed by atoms with Crippen molar-refractivity contribution in [2.24, 2.45) is 7.05 Å². The van der Waals surface area contributed by atoms with Crippen molar-refractivity contribution in [1.82, 2.24) is 15.1 Å². The highest BCUT2D eigenvalue weighted by molar-refractivity contribution is 5.35. The first-order chi connectivity index (χ1) is 9.47. The molecular weight excluding hydrogens is 257 g/mol. The lowest BCUT2D eigenvalue weighted by Gasteiger charge is -2.11. The highest BCUT2D eigenvalue weighted by atomic mass is 19.1. The maximum atomic E-state index is 13.2. The van der Waals surface area contributed by atoms with E-state index < -0.39 is 0 Å². The minimum Gasteiger partial charge on any atom is -0.439 e. The standard InChI is InChI=1S/C15H20FN3O/c1-10(2)17-9-14-11(3)18-19(4)15(14)20-13-7-5-6-12(16)8-13/h5-8,10,17H,9H2,1-4H3. The predicted molar refractivity (Wildman–Crippen MR) is 76.4 cm³/mol. The largest absolute Gasteiger partial charge is 0.439 e. The number of hydrogen-bond donors (Lipinski definition) is 1. The molecule has 0 fully saturated rings. The van der Waals surface area contributed by atoms with Crippen LogP contribution >= 0.6 is 0 Å². The molecule has 1 heterocycles. The molecule has 0 saturated carbocycles. The Morgan fingerprint density at radius 1 is 1.40 bits per heavy atom. The molecule has 0 aliphatic carbocycles. The van der Waals surface area contributed by atoms with Crippen LogP contribution in [0.1, 0.15) is 25.1 Å². The Morgan fingerprint density at radius 3 is 2.80 bits per heavy atom. The summed E-state index contributed by atoms with van der Waals surface area (Å²) in [4.78, 5) is 0. The summed E-state index contributed by atoms with van der Waals surface area (Å²) in [6, 6.07) is 6.48. The van der Waals surface area contributed by atoms with Crippen LogP contribution in [-0.2, 0) is 13.6 Å². The van der Waals surface area contributed by atoms with E-state index in [2.05, 4.69) is 24.3 Å². The van der Waals surface area contributed by atoms with Gasteiger partial charge < -0.3 is 10.1 Å². The SMILES string of the molecule is Cc1nn(C)c(Oc2cccc(F)c2)c1CNC(C)C. The van der Waals surface area contributed by atoms with E-state index in [1.165, 1.54) is 12.1 Å². The Hall–Kier alpha value is -1.88. The number of rotatable bonds is 5. The third kappa shape index (κ3) is 3.36. The van der Waals surface area contributed by atoms with Gasteiger partial charge in [-0.25, -0.2) is 9.07 Å². The molecule has 5 heteroatoms. The monoisotopic (exact) mass is 277 g/mol. The number of aryl methyl sites for hydroxylation is 2. The molecule has 4 nitrogen and oxygen atoms in total. The number of aromatic nitrogens is 2. The number of nitrogens with one attached hydrogen (secondary N) is 1. The quantitative estimate of drug-likeness (QED) is 0.912. The molecular formula is C15H20FN3O. The molecule has 0 bridgehead atoms. The van der Waals surface area contributed by atoms with Crippen molar-refractivity contribution in [2.75, 3.05) is 0 Å². The van der Waals surface area contributed by atoms with Crippen LogP contribution in [0.15, 0.2) is 24.3 Å². The van der Waals surface area contributed by atoms with E-state index in [1.807, 2.05) is 14.0 Å². The van der Waals surface area contributed by atoms with Crippen LogP contribution < -0.4 is 10.1 Å². The zero-order valence-corrected chi connectivity index (χ0v) is 12.3. The van der Waals surface area contributed by atoms with Crippen molar-refractivity contribution < 1.29 is 9.13 Å². The smallest absolute Gasteiger partial charge is 0.222 e. The van der Waals surface area contributed by atoms with Crippen LogP contribution in [0.4, 0.5) is 4.39 Å². The minimum atomic E-state index is -0.316. The average molecular weight is 277 g/mol. The summed E-state index contributed by atoms with van der Waals surface area (Å²) in [5.74, 6) is 0.795. The lowest BCUT2D eigenvalue weighted by Crippen LogP contribution is -2.22. The maximum Gasteiger partial charge on any atom is 0.222 e. The van der Waals surface area contributed by atoms with Crippen molar-refractivity contribution >= 4 is 0 Å². The molecule has 0 spiro atoms. The highest BCUT2D eigenvalue weighted by Crippen LogP contribution is 2.27. The zero-order valence-electron chi connectivity index (χ0n) is 12.3. The molecule has 0 amide bonds. The first-order valence-corrected chi connectivity index (χ1v) is 6.66. The van der Waals surface area contributed by atoms with Gasteiger partial charge in [-0.15, -0.1) is 0 Å². The average Bonchev–Trinajstić information content (AvgIpc) is 2.62. The lowest BCUT2D eigenvalue weighted by atomic mass is 10.2. The normalized spacial score (nSPS) is 11.1. The molecule has 0 atom stereocenters. The van der Waals surface area contributed by atoms with Crippen molar-refractivity contribution in [2.45, 2.75) is 33.4 Å². The van der Waals surface area contributed by atoms with Crippen molar-refractivity contribution in [3.05, 3.63) is 41.3 Å². The lowest BCUT2D eigenvalue weighted by molar-refractivity contribution is 0.419. The molecule has 2 rings (SSSR count). The van der Waals surface area contributed by atoms with Gasteiger partial charge in [-0.1, -0.05) is 19.9 Å². The van der Waals surface area contributed by atoms with Gasteiger partial charge in [0, 0.05) is 25.7 Å². The van der Waals surface area contributed by atoms with Crippen molar-refractivity contribution in [3.8, 4) is 11.6 Å². The molecule has 1 aromatic carbocycles. The van der Waals surface area contributed by atoms with Gasteiger partial charge in [-0.3, -0.25) is 0 Å². The van der Waals surface area contributed by atoms with Crippen molar-refractivity contribution in [3.63, 3.8) is 0 Å². The second-order valence-corrected chi connectivity index (χ2v) is 5.09. The molecule has 0 radical (unpaired) electrons. The number of hydrogen-bond acceptors (Lipinski definition) is 3. The topological polar surface area (TPSA) is 39.1 Å². The van der Waals surface area contributed by atoms with E-state index in [9.17, 15) is 4.39 Å². The summed E-state index contributed by atoms with van der Waals surface area (Å²) in [5, 5.41) is 7.71. The van der Waals surface area contributed by atoms with E-state index in [0.717, 1.165) is 11.3 Å². The van der Waals surface area contributed by atoms with E-state index in [4.69, 9.17) is 4.74 Å². The third-order valence-electron chi connectivity index (χ3n) is 2.99. The van der Waals surface area contributed by atoms with Gasteiger partial charge in [-0.2, -0.15) is 5.10 Å². The first-order valence-electron chi connectivity index (χ1n) is 6.66. The van der Waals surface area contributed by atoms with Crippen LogP contribution in [0.25, 0.3) is 0 Å². The van der Waals surface area contributed by atoms with E-state index in [1.54, 1.807) is 16.8 Å². The number of halogens is 1. The van der Waals surface area contributed by atoms with Crippen LogP contribution in [0.3, 0.4) is 0 Å².